The zero-order chi connectivity index (χ0) is 14.7. The Bertz CT molecular complexity index is 637. The fourth-order valence-electron chi connectivity index (χ4n) is 1.95. The molecule has 0 aliphatic heterocycles. The topological polar surface area (TPSA) is 74.4 Å². The van der Waals surface area contributed by atoms with Gasteiger partial charge < -0.3 is 15.2 Å². The first-order valence-corrected chi connectivity index (χ1v) is 6.82. The summed E-state index contributed by atoms with van der Waals surface area (Å²) in [6, 6.07) is 3.64. The normalized spacial score (nSPS) is 10.3. The number of aryl methyl sites for hydroxylation is 1. The Morgan fingerprint density at radius 1 is 1.40 bits per heavy atom. The van der Waals surface area contributed by atoms with Gasteiger partial charge in [0.2, 0.25) is 0 Å². The van der Waals surface area contributed by atoms with Crippen molar-refractivity contribution in [3.8, 4) is 5.75 Å². The van der Waals surface area contributed by atoms with Crippen molar-refractivity contribution in [2.24, 2.45) is 0 Å². The number of carbonyl (C=O) groups excluding carboxylic acids is 1. The SMILES string of the molecule is COC(=O)c1cc(Cc2cnc(N)s2)c(C)cc1OC. The van der Waals surface area contributed by atoms with E-state index in [-0.39, 0.29) is 0 Å². The molecule has 0 spiro atoms. The van der Waals surface area contributed by atoms with Crippen LogP contribution in [0.5, 0.6) is 5.75 Å². The number of nitrogen functional groups attached to an aromatic ring is 1. The number of ether oxygens (including phenoxy) is 2. The van der Waals surface area contributed by atoms with E-state index in [1.54, 1.807) is 12.3 Å². The summed E-state index contributed by atoms with van der Waals surface area (Å²) >= 11 is 1.44. The van der Waals surface area contributed by atoms with Crippen molar-refractivity contribution < 1.29 is 14.3 Å². The molecule has 1 aromatic heterocycles. The molecule has 0 unspecified atom stereocenters. The lowest BCUT2D eigenvalue weighted by Gasteiger charge is -2.12. The highest BCUT2D eigenvalue weighted by Gasteiger charge is 2.16. The van der Waals surface area contributed by atoms with Gasteiger partial charge in [-0.05, 0) is 30.2 Å². The second-order valence-electron chi connectivity index (χ2n) is 4.31. The van der Waals surface area contributed by atoms with Gasteiger partial charge in [-0.1, -0.05) is 0 Å². The highest BCUT2D eigenvalue weighted by molar-refractivity contribution is 7.15. The summed E-state index contributed by atoms with van der Waals surface area (Å²) in [4.78, 5) is 16.9. The second kappa shape index (κ2) is 5.92. The molecular weight excluding hydrogens is 276 g/mol. The van der Waals surface area contributed by atoms with Crippen LogP contribution >= 0.6 is 11.3 Å². The lowest BCUT2D eigenvalue weighted by Crippen LogP contribution is -2.06. The van der Waals surface area contributed by atoms with Gasteiger partial charge in [-0.25, -0.2) is 9.78 Å². The average molecular weight is 292 g/mol. The van der Waals surface area contributed by atoms with Crippen molar-refractivity contribution in [3.63, 3.8) is 0 Å². The van der Waals surface area contributed by atoms with Crippen molar-refractivity contribution in [2.75, 3.05) is 20.0 Å². The van der Waals surface area contributed by atoms with Gasteiger partial charge in [0.15, 0.2) is 5.13 Å². The molecule has 106 valence electrons. The molecule has 20 heavy (non-hydrogen) atoms. The largest absolute Gasteiger partial charge is 0.496 e. The number of benzene rings is 1. The van der Waals surface area contributed by atoms with Crippen molar-refractivity contribution in [1.29, 1.82) is 0 Å². The molecule has 0 aliphatic rings. The molecule has 0 saturated heterocycles. The first-order valence-electron chi connectivity index (χ1n) is 6.01. The molecule has 0 atom stereocenters. The summed E-state index contributed by atoms with van der Waals surface area (Å²) in [5, 5.41) is 0.541. The van der Waals surface area contributed by atoms with Crippen LogP contribution in [0.3, 0.4) is 0 Å². The number of rotatable bonds is 4. The molecule has 6 heteroatoms. The van der Waals surface area contributed by atoms with Gasteiger partial charge in [-0.15, -0.1) is 11.3 Å². The first kappa shape index (κ1) is 14.3. The fraction of sp³-hybridized carbons (Fsp3) is 0.286. The number of anilines is 1. The molecule has 0 bridgehead atoms. The number of hydrogen-bond acceptors (Lipinski definition) is 6. The first-order chi connectivity index (χ1) is 9.55. The molecule has 2 N–H and O–H groups in total. The Kier molecular flexibility index (Phi) is 4.24. The predicted molar refractivity (Wildman–Crippen MR) is 78.4 cm³/mol. The van der Waals surface area contributed by atoms with Gasteiger partial charge in [-0.3, -0.25) is 0 Å². The maximum Gasteiger partial charge on any atom is 0.341 e. The number of esters is 1. The van der Waals surface area contributed by atoms with E-state index >= 15 is 0 Å². The lowest BCUT2D eigenvalue weighted by atomic mass is 10.0. The van der Waals surface area contributed by atoms with E-state index < -0.39 is 5.97 Å². The number of aromatic nitrogens is 1. The zero-order valence-corrected chi connectivity index (χ0v) is 12.4. The Morgan fingerprint density at radius 3 is 2.70 bits per heavy atom. The van der Waals surface area contributed by atoms with Crippen molar-refractivity contribution in [3.05, 3.63) is 39.9 Å². The molecule has 0 amide bonds. The predicted octanol–water partition coefficient (Wildman–Crippen LogP) is 2.42. The van der Waals surface area contributed by atoms with E-state index in [2.05, 4.69) is 4.98 Å². The monoisotopic (exact) mass is 292 g/mol. The van der Waals surface area contributed by atoms with Crippen molar-refractivity contribution >= 4 is 22.4 Å². The molecule has 0 saturated carbocycles. The van der Waals surface area contributed by atoms with Crippen molar-refractivity contribution in [2.45, 2.75) is 13.3 Å². The average Bonchev–Trinajstić information content (AvgIpc) is 2.85. The Balaban J connectivity index is 2.40. The second-order valence-corrected chi connectivity index (χ2v) is 5.46. The molecule has 1 aromatic carbocycles. The highest BCUT2D eigenvalue weighted by atomic mass is 32.1. The fourth-order valence-corrected chi connectivity index (χ4v) is 2.65. The van der Waals surface area contributed by atoms with E-state index in [0.29, 0.717) is 22.9 Å². The summed E-state index contributed by atoms with van der Waals surface area (Å²) in [5.74, 6) is 0.105. The third-order valence-corrected chi connectivity index (χ3v) is 3.83. The number of nitrogens with two attached hydrogens (primary N) is 1. The third kappa shape index (κ3) is 2.91. The standard InChI is InChI=1S/C14H16N2O3S/c1-8-4-12(18-2)11(13(17)19-3)6-9(8)5-10-7-16-14(15)20-10/h4,6-7H,5H2,1-3H3,(H2,15,16). The maximum atomic E-state index is 11.8. The van der Waals surface area contributed by atoms with E-state index in [9.17, 15) is 4.79 Å². The van der Waals surface area contributed by atoms with Gasteiger partial charge in [-0.2, -0.15) is 0 Å². The number of carbonyl (C=O) groups is 1. The van der Waals surface area contributed by atoms with Crippen LogP contribution in [0.25, 0.3) is 0 Å². The molecule has 0 fully saturated rings. The number of hydrogen-bond donors (Lipinski definition) is 1. The van der Waals surface area contributed by atoms with Crippen LogP contribution in [0.1, 0.15) is 26.4 Å². The van der Waals surface area contributed by atoms with Crippen molar-refractivity contribution in [1.82, 2.24) is 4.98 Å². The van der Waals surface area contributed by atoms with Gasteiger partial charge in [0.25, 0.3) is 0 Å². The van der Waals surface area contributed by atoms with Crippen LogP contribution in [0.4, 0.5) is 5.13 Å². The summed E-state index contributed by atoms with van der Waals surface area (Å²) in [6.07, 6.45) is 2.43. The highest BCUT2D eigenvalue weighted by Crippen LogP contribution is 2.27. The molecule has 0 aliphatic carbocycles. The molecule has 5 nitrogen and oxygen atoms in total. The number of thiazole rings is 1. The minimum atomic E-state index is -0.410. The summed E-state index contributed by atoms with van der Waals surface area (Å²) < 4.78 is 10.0. The van der Waals surface area contributed by atoms with Gasteiger partial charge in [0.05, 0.1) is 14.2 Å². The van der Waals surface area contributed by atoms with Crippen LogP contribution in [0.2, 0.25) is 0 Å². The van der Waals surface area contributed by atoms with Crippen LogP contribution in [-0.4, -0.2) is 25.2 Å². The molecule has 0 radical (unpaired) electrons. The van der Waals surface area contributed by atoms with Crippen LogP contribution in [0.15, 0.2) is 18.3 Å². The van der Waals surface area contributed by atoms with E-state index in [1.165, 1.54) is 25.6 Å². The van der Waals surface area contributed by atoms with Gasteiger partial charge >= 0.3 is 5.97 Å². The zero-order valence-electron chi connectivity index (χ0n) is 11.6. The number of nitrogens with zero attached hydrogens (tertiary/aromatic N) is 1. The third-order valence-electron chi connectivity index (χ3n) is 3.00. The van der Waals surface area contributed by atoms with E-state index in [0.717, 1.165) is 16.0 Å². The molecule has 1 heterocycles. The van der Waals surface area contributed by atoms with Crippen LogP contribution in [-0.2, 0) is 11.2 Å². The molecule has 2 aromatic rings. The van der Waals surface area contributed by atoms with Gasteiger partial charge in [0.1, 0.15) is 11.3 Å². The molecular formula is C14H16N2O3S. The smallest absolute Gasteiger partial charge is 0.341 e. The maximum absolute atomic E-state index is 11.8. The summed E-state index contributed by atoms with van der Waals surface area (Å²) in [7, 11) is 2.88. The summed E-state index contributed by atoms with van der Waals surface area (Å²) in [5.41, 5.74) is 8.12. The minimum Gasteiger partial charge on any atom is -0.496 e. The summed E-state index contributed by atoms with van der Waals surface area (Å²) in [6.45, 7) is 1.98. The van der Waals surface area contributed by atoms with E-state index in [1.807, 2.05) is 13.0 Å². The van der Waals surface area contributed by atoms with E-state index in [4.69, 9.17) is 15.2 Å². The quantitative estimate of drug-likeness (QED) is 0.876. The van der Waals surface area contributed by atoms with Crippen LogP contribution < -0.4 is 10.5 Å². The Morgan fingerprint density at radius 2 is 2.15 bits per heavy atom. The number of methoxy groups -OCH3 is 2. The van der Waals surface area contributed by atoms with Gasteiger partial charge in [0, 0.05) is 17.5 Å². The Hall–Kier alpha value is -2.08. The minimum absolute atomic E-state index is 0.410. The van der Waals surface area contributed by atoms with Crippen LogP contribution in [0, 0.1) is 6.92 Å². The molecule has 2 rings (SSSR count). The Labute approximate surface area is 121 Å². The lowest BCUT2D eigenvalue weighted by molar-refractivity contribution is 0.0597.